The second-order valence-electron chi connectivity index (χ2n) is 5.85. The van der Waals surface area contributed by atoms with Crippen LogP contribution in [0.4, 0.5) is 0 Å². The Kier molecular flexibility index (Phi) is 5.58. The molecule has 0 aromatic heterocycles. The van der Waals surface area contributed by atoms with Crippen molar-refractivity contribution < 1.29 is 13.2 Å². The van der Waals surface area contributed by atoms with Crippen LogP contribution in [-0.4, -0.2) is 44.0 Å². The number of rotatable bonds is 5. The van der Waals surface area contributed by atoms with Crippen molar-refractivity contribution in [3.63, 3.8) is 0 Å². The van der Waals surface area contributed by atoms with Gasteiger partial charge in [-0.25, -0.2) is 8.42 Å². The number of carbonyl (C=O) groups excluding carboxylic acids is 1. The van der Waals surface area contributed by atoms with Gasteiger partial charge in [-0.05, 0) is 37.3 Å². The van der Waals surface area contributed by atoms with E-state index in [0.29, 0.717) is 19.5 Å². The zero-order chi connectivity index (χ0) is 16.2. The predicted octanol–water partition coefficient (Wildman–Crippen LogP) is 1.47. The third-order valence-corrected chi connectivity index (χ3v) is 5.43. The standard InChI is InChI=1S/C16H24N2O3S/c1-13-7-3-4-8-14(13)10-11-17-16(19)15-9-5-6-12-18(15)22(2,20)21/h3-4,7-8,15H,5-6,9-12H2,1-2H3,(H,17,19). The highest BCUT2D eigenvalue weighted by molar-refractivity contribution is 7.88. The summed E-state index contributed by atoms with van der Waals surface area (Å²) < 4.78 is 24.9. The molecule has 0 saturated carbocycles. The lowest BCUT2D eigenvalue weighted by Gasteiger charge is -2.32. The van der Waals surface area contributed by atoms with Gasteiger partial charge < -0.3 is 5.32 Å². The normalized spacial score (nSPS) is 19.8. The maximum atomic E-state index is 12.3. The van der Waals surface area contributed by atoms with Crippen LogP contribution in [0.1, 0.15) is 30.4 Å². The van der Waals surface area contributed by atoms with Gasteiger partial charge in [0.25, 0.3) is 0 Å². The second kappa shape index (κ2) is 7.24. The lowest BCUT2D eigenvalue weighted by atomic mass is 10.0. The lowest BCUT2D eigenvalue weighted by Crippen LogP contribution is -2.51. The molecule has 1 aliphatic rings. The fourth-order valence-electron chi connectivity index (χ4n) is 2.89. The number of nitrogens with one attached hydrogen (secondary N) is 1. The summed E-state index contributed by atoms with van der Waals surface area (Å²) in [5.74, 6) is -0.182. The Morgan fingerprint density at radius 2 is 2.05 bits per heavy atom. The molecule has 1 atom stereocenters. The van der Waals surface area contributed by atoms with Crippen LogP contribution in [0.25, 0.3) is 0 Å². The van der Waals surface area contributed by atoms with Gasteiger partial charge in [-0.15, -0.1) is 0 Å². The number of nitrogens with zero attached hydrogens (tertiary/aromatic N) is 1. The van der Waals surface area contributed by atoms with E-state index in [9.17, 15) is 13.2 Å². The summed E-state index contributed by atoms with van der Waals surface area (Å²) in [5, 5.41) is 2.89. The molecule has 1 saturated heterocycles. The molecule has 1 heterocycles. The number of hydrogen-bond acceptors (Lipinski definition) is 3. The van der Waals surface area contributed by atoms with E-state index < -0.39 is 16.1 Å². The molecular weight excluding hydrogens is 300 g/mol. The number of benzene rings is 1. The van der Waals surface area contributed by atoms with Gasteiger partial charge in [-0.3, -0.25) is 4.79 Å². The van der Waals surface area contributed by atoms with Crippen LogP contribution >= 0.6 is 0 Å². The highest BCUT2D eigenvalue weighted by Gasteiger charge is 2.34. The van der Waals surface area contributed by atoms with Crippen LogP contribution in [0.5, 0.6) is 0 Å². The Morgan fingerprint density at radius 1 is 1.32 bits per heavy atom. The molecule has 2 rings (SSSR count). The first kappa shape index (κ1) is 17.0. The van der Waals surface area contributed by atoms with Gasteiger partial charge in [0.15, 0.2) is 0 Å². The fourth-order valence-corrected chi connectivity index (χ4v) is 4.02. The summed E-state index contributed by atoms with van der Waals surface area (Å²) in [6.45, 7) is 3.01. The van der Waals surface area contributed by atoms with Gasteiger partial charge in [-0.2, -0.15) is 4.31 Å². The van der Waals surface area contributed by atoms with Gasteiger partial charge in [0.2, 0.25) is 15.9 Å². The zero-order valence-corrected chi connectivity index (χ0v) is 14.0. The zero-order valence-electron chi connectivity index (χ0n) is 13.2. The summed E-state index contributed by atoms with van der Waals surface area (Å²) in [4.78, 5) is 12.3. The predicted molar refractivity (Wildman–Crippen MR) is 87.1 cm³/mol. The molecule has 22 heavy (non-hydrogen) atoms. The van der Waals surface area contributed by atoms with Crippen molar-refractivity contribution in [1.82, 2.24) is 9.62 Å². The molecule has 0 bridgehead atoms. The highest BCUT2D eigenvalue weighted by Crippen LogP contribution is 2.20. The van der Waals surface area contributed by atoms with Crippen molar-refractivity contribution >= 4 is 15.9 Å². The Bertz CT molecular complexity index is 628. The largest absolute Gasteiger partial charge is 0.354 e. The van der Waals surface area contributed by atoms with E-state index in [4.69, 9.17) is 0 Å². The van der Waals surface area contributed by atoms with Gasteiger partial charge in [0, 0.05) is 13.1 Å². The maximum absolute atomic E-state index is 12.3. The number of hydrogen-bond donors (Lipinski definition) is 1. The molecule has 1 N–H and O–H groups in total. The summed E-state index contributed by atoms with van der Waals surface area (Å²) >= 11 is 0. The van der Waals surface area contributed by atoms with Crippen LogP contribution in [0.2, 0.25) is 0 Å². The third-order valence-electron chi connectivity index (χ3n) is 4.14. The Hall–Kier alpha value is -1.40. The molecule has 5 nitrogen and oxygen atoms in total. The summed E-state index contributed by atoms with van der Waals surface area (Å²) in [5.41, 5.74) is 2.40. The minimum Gasteiger partial charge on any atom is -0.354 e. The molecule has 0 spiro atoms. The minimum atomic E-state index is -3.33. The van der Waals surface area contributed by atoms with Crippen LogP contribution in [-0.2, 0) is 21.2 Å². The van der Waals surface area contributed by atoms with Gasteiger partial charge in [0.1, 0.15) is 6.04 Å². The molecule has 1 aromatic rings. The molecule has 1 aliphatic heterocycles. The summed E-state index contributed by atoms with van der Waals surface area (Å²) in [6, 6.07) is 7.51. The summed E-state index contributed by atoms with van der Waals surface area (Å²) in [6.07, 6.45) is 4.24. The van der Waals surface area contributed by atoms with E-state index in [1.807, 2.05) is 31.2 Å². The van der Waals surface area contributed by atoms with E-state index in [1.54, 1.807) is 0 Å². The quantitative estimate of drug-likeness (QED) is 0.892. The Morgan fingerprint density at radius 3 is 2.73 bits per heavy atom. The van der Waals surface area contributed by atoms with Crippen molar-refractivity contribution in [3.8, 4) is 0 Å². The number of carbonyl (C=O) groups is 1. The smallest absolute Gasteiger partial charge is 0.238 e. The van der Waals surface area contributed by atoms with Crippen LogP contribution in [0.15, 0.2) is 24.3 Å². The first-order chi connectivity index (χ1) is 10.4. The molecular formula is C16H24N2O3S. The highest BCUT2D eigenvalue weighted by atomic mass is 32.2. The topological polar surface area (TPSA) is 66.5 Å². The van der Waals surface area contributed by atoms with E-state index in [0.717, 1.165) is 19.3 Å². The first-order valence-electron chi connectivity index (χ1n) is 7.68. The van der Waals surface area contributed by atoms with E-state index in [1.165, 1.54) is 21.7 Å². The molecule has 1 fully saturated rings. The van der Waals surface area contributed by atoms with E-state index in [2.05, 4.69) is 5.32 Å². The Balaban J connectivity index is 1.92. The molecule has 1 amide bonds. The van der Waals surface area contributed by atoms with Gasteiger partial charge in [0.05, 0.1) is 6.26 Å². The minimum absolute atomic E-state index is 0.182. The first-order valence-corrected chi connectivity index (χ1v) is 9.53. The average Bonchev–Trinajstić information content (AvgIpc) is 2.48. The second-order valence-corrected chi connectivity index (χ2v) is 7.79. The number of aryl methyl sites for hydroxylation is 1. The molecule has 1 aromatic carbocycles. The number of sulfonamides is 1. The molecule has 0 aliphatic carbocycles. The molecule has 1 unspecified atom stereocenters. The molecule has 0 radical (unpaired) electrons. The Labute approximate surface area is 132 Å². The van der Waals surface area contributed by atoms with Crippen LogP contribution in [0.3, 0.4) is 0 Å². The van der Waals surface area contributed by atoms with Crippen molar-refractivity contribution in [3.05, 3.63) is 35.4 Å². The van der Waals surface area contributed by atoms with Crippen molar-refractivity contribution in [2.75, 3.05) is 19.3 Å². The summed E-state index contributed by atoms with van der Waals surface area (Å²) in [7, 11) is -3.33. The van der Waals surface area contributed by atoms with Crippen LogP contribution < -0.4 is 5.32 Å². The van der Waals surface area contributed by atoms with Crippen molar-refractivity contribution in [2.45, 2.75) is 38.6 Å². The molecule has 122 valence electrons. The van der Waals surface area contributed by atoms with Gasteiger partial charge in [-0.1, -0.05) is 30.7 Å². The lowest BCUT2D eigenvalue weighted by molar-refractivity contribution is -0.125. The maximum Gasteiger partial charge on any atom is 0.238 e. The van der Waals surface area contributed by atoms with E-state index >= 15 is 0 Å². The van der Waals surface area contributed by atoms with Gasteiger partial charge >= 0.3 is 0 Å². The third kappa shape index (κ3) is 4.30. The number of amides is 1. The van der Waals surface area contributed by atoms with Crippen molar-refractivity contribution in [1.29, 1.82) is 0 Å². The average molecular weight is 324 g/mol. The van der Waals surface area contributed by atoms with Crippen molar-refractivity contribution in [2.24, 2.45) is 0 Å². The van der Waals surface area contributed by atoms with E-state index in [-0.39, 0.29) is 5.91 Å². The fraction of sp³-hybridized carbons (Fsp3) is 0.562. The molecule has 6 heteroatoms. The van der Waals surface area contributed by atoms with Crippen LogP contribution in [0, 0.1) is 6.92 Å². The number of piperidine rings is 1. The SMILES string of the molecule is Cc1ccccc1CCNC(=O)C1CCCCN1S(C)(=O)=O. The monoisotopic (exact) mass is 324 g/mol.